The second-order valence-corrected chi connectivity index (χ2v) is 5.68. The SMILES string of the molecule is CN=C(NCc1cccc(C(F)(F)F)c1)NCc1ccccc1COC.I. The summed E-state index contributed by atoms with van der Waals surface area (Å²) in [5.41, 5.74) is 2.00. The van der Waals surface area contributed by atoms with Gasteiger partial charge in [-0.3, -0.25) is 4.99 Å². The van der Waals surface area contributed by atoms with Crippen LogP contribution >= 0.6 is 24.0 Å². The molecule has 0 atom stereocenters. The number of hydrogen-bond acceptors (Lipinski definition) is 2. The maximum atomic E-state index is 12.8. The number of guanidine groups is 1. The Morgan fingerprint density at radius 3 is 2.30 bits per heavy atom. The molecule has 0 spiro atoms. The van der Waals surface area contributed by atoms with E-state index in [1.54, 1.807) is 20.2 Å². The topological polar surface area (TPSA) is 45.7 Å². The summed E-state index contributed by atoms with van der Waals surface area (Å²) in [5.74, 6) is 0.509. The molecule has 0 aliphatic rings. The van der Waals surface area contributed by atoms with Gasteiger partial charge < -0.3 is 15.4 Å². The Morgan fingerprint density at radius 1 is 1.00 bits per heavy atom. The molecule has 0 unspecified atom stereocenters. The summed E-state index contributed by atoms with van der Waals surface area (Å²) in [4.78, 5) is 4.11. The maximum Gasteiger partial charge on any atom is 0.416 e. The van der Waals surface area contributed by atoms with Crippen LogP contribution in [0.15, 0.2) is 53.5 Å². The molecule has 0 radical (unpaired) electrons. The number of alkyl halides is 3. The third kappa shape index (κ3) is 7.37. The van der Waals surface area contributed by atoms with E-state index in [0.717, 1.165) is 23.3 Å². The van der Waals surface area contributed by atoms with Crippen LogP contribution in [0.1, 0.15) is 22.3 Å². The van der Waals surface area contributed by atoms with Gasteiger partial charge in [0.2, 0.25) is 0 Å². The predicted octanol–water partition coefficient (Wildman–Crippen LogP) is 4.34. The number of ether oxygens (including phenoxy) is 1. The highest BCUT2D eigenvalue weighted by molar-refractivity contribution is 14.0. The number of methoxy groups -OCH3 is 1. The molecule has 0 fully saturated rings. The van der Waals surface area contributed by atoms with Gasteiger partial charge in [-0.2, -0.15) is 13.2 Å². The number of hydrogen-bond donors (Lipinski definition) is 2. The van der Waals surface area contributed by atoms with Gasteiger partial charge in [-0.05, 0) is 28.8 Å². The van der Waals surface area contributed by atoms with Crippen LogP contribution < -0.4 is 10.6 Å². The van der Waals surface area contributed by atoms with Crippen LogP contribution in [0.4, 0.5) is 13.2 Å². The van der Waals surface area contributed by atoms with Crippen molar-refractivity contribution in [2.45, 2.75) is 25.9 Å². The first-order valence-corrected chi connectivity index (χ1v) is 8.10. The Morgan fingerprint density at radius 2 is 1.67 bits per heavy atom. The van der Waals surface area contributed by atoms with Gasteiger partial charge in [-0.15, -0.1) is 24.0 Å². The standard InChI is InChI=1S/C19H22F3N3O.HI/c1-23-18(25-12-15-7-3-4-8-16(15)13-26-2)24-11-14-6-5-9-17(10-14)19(20,21)22;/h3-10H,11-13H2,1-2H3,(H2,23,24,25);1H. The summed E-state index contributed by atoms with van der Waals surface area (Å²) in [5, 5.41) is 6.19. The number of benzene rings is 2. The second kappa shape index (κ2) is 11.1. The van der Waals surface area contributed by atoms with Crippen molar-refractivity contribution in [1.29, 1.82) is 0 Å². The Labute approximate surface area is 174 Å². The Kier molecular flexibility index (Phi) is 9.57. The highest BCUT2D eigenvalue weighted by Gasteiger charge is 2.30. The normalized spacial score (nSPS) is 11.7. The molecule has 148 valence electrons. The predicted molar refractivity (Wildman–Crippen MR) is 111 cm³/mol. The highest BCUT2D eigenvalue weighted by atomic mass is 127. The van der Waals surface area contributed by atoms with Crippen LogP contribution in [0, 0.1) is 0 Å². The molecule has 0 aromatic heterocycles. The van der Waals surface area contributed by atoms with Gasteiger partial charge in [0.05, 0.1) is 12.2 Å². The fraction of sp³-hybridized carbons (Fsp3) is 0.316. The lowest BCUT2D eigenvalue weighted by atomic mass is 10.1. The summed E-state index contributed by atoms with van der Waals surface area (Å²) < 4.78 is 43.5. The monoisotopic (exact) mass is 493 g/mol. The van der Waals surface area contributed by atoms with Crippen LogP contribution in [-0.2, 0) is 30.6 Å². The van der Waals surface area contributed by atoms with Crippen molar-refractivity contribution in [1.82, 2.24) is 10.6 Å². The minimum Gasteiger partial charge on any atom is -0.380 e. The van der Waals surface area contributed by atoms with Gasteiger partial charge in [0.25, 0.3) is 0 Å². The molecule has 2 rings (SSSR count). The van der Waals surface area contributed by atoms with Crippen LogP contribution in [0.5, 0.6) is 0 Å². The fourth-order valence-electron chi connectivity index (χ4n) is 2.47. The van der Waals surface area contributed by atoms with Crippen LogP contribution in [0.25, 0.3) is 0 Å². The zero-order valence-electron chi connectivity index (χ0n) is 15.1. The van der Waals surface area contributed by atoms with E-state index in [9.17, 15) is 13.2 Å². The lowest BCUT2D eigenvalue weighted by Crippen LogP contribution is -2.36. The maximum absolute atomic E-state index is 12.8. The molecule has 2 aromatic rings. The van der Waals surface area contributed by atoms with E-state index in [1.165, 1.54) is 6.07 Å². The lowest BCUT2D eigenvalue weighted by molar-refractivity contribution is -0.137. The first-order chi connectivity index (χ1) is 12.4. The molecule has 8 heteroatoms. The molecule has 0 saturated heterocycles. The van der Waals surface area contributed by atoms with Gasteiger partial charge in [0.15, 0.2) is 5.96 Å². The Balaban J connectivity index is 0.00000364. The summed E-state index contributed by atoms with van der Waals surface area (Å²) >= 11 is 0. The molecule has 4 nitrogen and oxygen atoms in total. The number of rotatable bonds is 6. The largest absolute Gasteiger partial charge is 0.416 e. The zero-order valence-corrected chi connectivity index (χ0v) is 17.5. The van der Waals surface area contributed by atoms with Crippen molar-refractivity contribution in [2.24, 2.45) is 4.99 Å². The van der Waals surface area contributed by atoms with Gasteiger partial charge in [0.1, 0.15) is 0 Å². The molecule has 0 aliphatic heterocycles. The van der Waals surface area contributed by atoms with E-state index < -0.39 is 11.7 Å². The summed E-state index contributed by atoms with van der Waals surface area (Å²) in [6, 6.07) is 13.1. The Hall–Kier alpha value is -1.81. The third-order valence-corrected chi connectivity index (χ3v) is 3.80. The number of nitrogens with zero attached hydrogens (tertiary/aromatic N) is 1. The third-order valence-electron chi connectivity index (χ3n) is 3.80. The van der Waals surface area contributed by atoms with Crippen molar-refractivity contribution < 1.29 is 17.9 Å². The van der Waals surface area contributed by atoms with Crippen LogP contribution in [0.3, 0.4) is 0 Å². The van der Waals surface area contributed by atoms with E-state index in [0.29, 0.717) is 24.7 Å². The summed E-state index contributed by atoms with van der Waals surface area (Å²) in [6.45, 7) is 1.28. The van der Waals surface area contributed by atoms with E-state index in [4.69, 9.17) is 4.74 Å². The number of aliphatic imine (C=N–C) groups is 1. The van der Waals surface area contributed by atoms with Gasteiger partial charge in [0, 0.05) is 27.2 Å². The molecule has 0 bridgehead atoms. The minimum atomic E-state index is -4.35. The average molecular weight is 493 g/mol. The molecular weight excluding hydrogens is 470 g/mol. The molecule has 2 aromatic carbocycles. The molecule has 0 aliphatic carbocycles. The van der Waals surface area contributed by atoms with Gasteiger partial charge >= 0.3 is 6.18 Å². The van der Waals surface area contributed by atoms with E-state index >= 15 is 0 Å². The molecule has 0 saturated carbocycles. The highest BCUT2D eigenvalue weighted by Crippen LogP contribution is 2.29. The molecule has 2 N–H and O–H groups in total. The summed E-state index contributed by atoms with van der Waals surface area (Å²) in [7, 11) is 3.25. The fourth-order valence-corrected chi connectivity index (χ4v) is 2.47. The lowest BCUT2D eigenvalue weighted by Gasteiger charge is -2.15. The van der Waals surface area contributed by atoms with Crippen molar-refractivity contribution in [3.8, 4) is 0 Å². The smallest absolute Gasteiger partial charge is 0.380 e. The van der Waals surface area contributed by atoms with Crippen molar-refractivity contribution in [2.75, 3.05) is 14.2 Å². The molecular formula is C19H23F3IN3O. The van der Waals surface area contributed by atoms with E-state index in [1.807, 2.05) is 24.3 Å². The zero-order chi connectivity index (χ0) is 19.0. The minimum absolute atomic E-state index is 0. The first-order valence-electron chi connectivity index (χ1n) is 8.10. The van der Waals surface area contributed by atoms with Gasteiger partial charge in [-0.1, -0.05) is 36.4 Å². The van der Waals surface area contributed by atoms with Gasteiger partial charge in [-0.25, -0.2) is 0 Å². The summed E-state index contributed by atoms with van der Waals surface area (Å²) in [6.07, 6.45) is -4.35. The average Bonchev–Trinajstić information content (AvgIpc) is 2.63. The molecule has 27 heavy (non-hydrogen) atoms. The Bertz CT molecular complexity index is 751. The van der Waals surface area contributed by atoms with E-state index in [-0.39, 0.29) is 30.5 Å². The van der Waals surface area contributed by atoms with Crippen LogP contribution in [0.2, 0.25) is 0 Å². The quantitative estimate of drug-likeness (QED) is 0.358. The first kappa shape index (κ1) is 23.2. The number of halogens is 4. The van der Waals surface area contributed by atoms with Crippen molar-refractivity contribution >= 4 is 29.9 Å². The second-order valence-electron chi connectivity index (χ2n) is 5.68. The molecule has 0 amide bonds. The van der Waals surface area contributed by atoms with Crippen LogP contribution in [-0.4, -0.2) is 20.1 Å². The van der Waals surface area contributed by atoms with E-state index in [2.05, 4.69) is 15.6 Å². The number of nitrogens with one attached hydrogen (secondary N) is 2. The molecule has 0 heterocycles. The van der Waals surface area contributed by atoms with Crippen molar-refractivity contribution in [3.63, 3.8) is 0 Å². The van der Waals surface area contributed by atoms with Crippen molar-refractivity contribution in [3.05, 3.63) is 70.8 Å².